The van der Waals surface area contributed by atoms with Crippen LogP contribution in [0.15, 0.2) is 58.4 Å². The van der Waals surface area contributed by atoms with Crippen LogP contribution >= 0.6 is 11.8 Å². The third-order valence-corrected chi connectivity index (χ3v) is 4.56. The molecular weight excluding hydrogens is 336 g/mol. The maximum atomic E-state index is 12.1. The first-order valence-electron chi connectivity index (χ1n) is 7.60. The first kappa shape index (κ1) is 15.5. The number of amides is 1. The molecular formula is C18H14N4O2S. The van der Waals surface area contributed by atoms with E-state index in [1.807, 2.05) is 54.6 Å². The molecule has 0 saturated carbocycles. The Labute approximate surface area is 148 Å². The number of hydrogen-bond acceptors (Lipinski definition) is 5. The van der Waals surface area contributed by atoms with Crippen molar-refractivity contribution in [2.24, 2.45) is 4.99 Å². The third kappa shape index (κ3) is 3.27. The van der Waals surface area contributed by atoms with Crippen molar-refractivity contribution < 1.29 is 9.53 Å². The van der Waals surface area contributed by atoms with Crippen LogP contribution in [0.1, 0.15) is 5.56 Å². The fraction of sp³-hybridized carbons (Fsp3) is 0.0556. The van der Waals surface area contributed by atoms with Crippen molar-refractivity contribution in [3.8, 4) is 5.75 Å². The zero-order chi connectivity index (χ0) is 17.2. The van der Waals surface area contributed by atoms with E-state index in [4.69, 9.17) is 4.74 Å². The first-order chi connectivity index (χ1) is 12.2. The SMILES string of the molecule is COc1ccc(/C=C2/S/C(=N/c3nc4ccccc4[nH]3)NC2=O)cc1. The molecule has 0 radical (unpaired) electrons. The molecule has 6 nitrogen and oxygen atoms in total. The Morgan fingerprint density at radius 2 is 1.96 bits per heavy atom. The first-order valence-corrected chi connectivity index (χ1v) is 8.41. The molecule has 1 aromatic heterocycles. The van der Waals surface area contributed by atoms with Crippen LogP contribution in [0, 0.1) is 0 Å². The number of nitrogens with one attached hydrogen (secondary N) is 2. The van der Waals surface area contributed by atoms with Crippen molar-refractivity contribution in [2.45, 2.75) is 0 Å². The van der Waals surface area contributed by atoms with E-state index in [-0.39, 0.29) is 5.91 Å². The summed E-state index contributed by atoms with van der Waals surface area (Å²) in [5, 5.41) is 3.26. The molecule has 0 atom stereocenters. The predicted octanol–water partition coefficient (Wildman–Crippen LogP) is 3.46. The zero-order valence-corrected chi connectivity index (χ0v) is 14.1. The number of methoxy groups -OCH3 is 1. The lowest BCUT2D eigenvalue weighted by Crippen LogP contribution is -2.19. The second-order valence-electron chi connectivity index (χ2n) is 5.33. The van der Waals surface area contributed by atoms with Gasteiger partial charge in [0.2, 0.25) is 5.95 Å². The highest BCUT2D eigenvalue weighted by atomic mass is 32.2. The van der Waals surface area contributed by atoms with Gasteiger partial charge < -0.3 is 15.0 Å². The number of amidine groups is 1. The van der Waals surface area contributed by atoms with Crippen LogP contribution in [-0.4, -0.2) is 28.2 Å². The Hall–Kier alpha value is -3.06. The van der Waals surface area contributed by atoms with Gasteiger partial charge in [-0.15, -0.1) is 0 Å². The molecule has 1 saturated heterocycles. The number of H-pyrrole nitrogens is 1. The van der Waals surface area contributed by atoms with Crippen LogP contribution in [0.3, 0.4) is 0 Å². The number of rotatable bonds is 3. The Morgan fingerprint density at radius 1 is 1.16 bits per heavy atom. The maximum Gasteiger partial charge on any atom is 0.264 e. The highest BCUT2D eigenvalue weighted by Gasteiger charge is 2.24. The molecule has 7 heteroatoms. The monoisotopic (exact) mass is 350 g/mol. The van der Waals surface area contributed by atoms with Crippen molar-refractivity contribution in [2.75, 3.05) is 7.11 Å². The number of ether oxygens (including phenoxy) is 1. The van der Waals surface area contributed by atoms with E-state index in [9.17, 15) is 4.79 Å². The molecule has 2 aromatic carbocycles. The minimum atomic E-state index is -0.171. The smallest absolute Gasteiger partial charge is 0.264 e. The van der Waals surface area contributed by atoms with Crippen molar-refractivity contribution in [1.29, 1.82) is 0 Å². The Morgan fingerprint density at radius 3 is 2.72 bits per heavy atom. The number of para-hydroxylation sites is 2. The molecule has 124 valence electrons. The number of aromatic amines is 1. The average Bonchev–Trinajstić information content (AvgIpc) is 3.18. The molecule has 1 fully saturated rings. The van der Waals surface area contributed by atoms with Gasteiger partial charge in [-0.3, -0.25) is 4.79 Å². The molecule has 4 rings (SSSR count). The van der Waals surface area contributed by atoms with Gasteiger partial charge in [0.1, 0.15) is 5.75 Å². The van der Waals surface area contributed by atoms with E-state index in [0.717, 1.165) is 22.3 Å². The van der Waals surface area contributed by atoms with Gasteiger partial charge in [0.15, 0.2) is 5.17 Å². The van der Waals surface area contributed by atoms with Gasteiger partial charge in [-0.25, -0.2) is 4.98 Å². The topological polar surface area (TPSA) is 79.4 Å². The minimum absolute atomic E-state index is 0.171. The third-order valence-electron chi connectivity index (χ3n) is 3.65. The molecule has 2 heterocycles. The molecule has 1 aliphatic heterocycles. The van der Waals surface area contributed by atoms with Crippen LogP contribution < -0.4 is 10.1 Å². The maximum absolute atomic E-state index is 12.1. The van der Waals surface area contributed by atoms with Gasteiger partial charge in [0.25, 0.3) is 5.91 Å². The van der Waals surface area contributed by atoms with E-state index >= 15 is 0 Å². The number of carbonyl (C=O) groups excluding carboxylic acids is 1. The van der Waals surface area contributed by atoms with Crippen molar-refractivity contribution >= 4 is 45.9 Å². The molecule has 0 unspecified atom stereocenters. The lowest BCUT2D eigenvalue weighted by atomic mass is 10.2. The lowest BCUT2D eigenvalue weighted by molar-refractivity contribution is -0.115. The normalized spacial score (nSPS) is 17.4. The summed E-state index contributed by atoms with van der Waals surface area (Å²) < 4.78 is 5.13. The largest absolute Gasteiger partial charge is 0.497 e. The minimum Gasteiger partial charge on any atom is -0.497 e. The van der Waals surface area contributed by atoms with Gasteiger partial charge >= 0.3 is 0 Å². The summed E-state index contributed by atoms with van der Waals surface area (Å²) in [6, 6.07) is 15.2. The highest BCUT2D eigenvalue weighted by molar-refractivity contribution is 8.18. The van der Waals surface area contributed by atoms with Crippen molar-refractivity contribution in [1.82, 2.24) is 15.3 Å². The Bertz CT molecular complexity index is 972. The number of nitrogens with zero attached hydrogens (tertiary/aromatic N) is 2. The zero-order valence-electron chi connectivity index (χ0n) is 13.3. The van der Waals surface area contributed by atoms with E-state index < -0.39 is 0 Å². The van der Waals surface area contributed by atoms with E-state index in [1.54, 1.807) is 7.11 Å². The highest BCUT2D eigenvalue weighted by Crippen LogP contribution is 2.28. The van der Waals surface area contributed by atoms with Crippen LogP contribution in [0.25, 0.3) is 17.1 Å². The Balaban J connectivity index is 1.57. The van der Waals surface area contributed by atoms with Gasteiger partial charge in [0.05, 0.1) is 23.0 Å². The summed E-state index contributed by atoms with van der Waals surface area (Å²) in [6.45, 7) is 0. The van der Waals surface area contributed by atoms with Gasteiger partial charge in [-0.05, 0) is 47.7 Å². The average molecular weight is 350 g/mol. The van der Waals surface area contributed by atoms with Crippen LogP contribution in [-0.2, 0) is 4.79 Å². The van der Waals surface area contributed by atoms with Crippen molar-refractivity contribution in [3.63, 3.8) is 0 Å². The number of hydrogen-bond donors (Lipinski definition) is 2. The van der Waals surface area contributed by atoms with Gasteiger partial charge in [0, 0.05) is 0 Å². The predicted molar refractivity (Wildman–Crippen MR) is 99.9 cm³/mol. The van der Waals surface area contributed by atoms with Crippen LogP contribution in [0.2, 0.25) is 0 Å². The van der Waals surface area contributed by atoms with E-state index in [2.05, 4.69) is 20.3 Å². The number of imidazole rings is 1. The molecule has 3 aromatic rings. The number of aromatic nitrogens is 2. The molecule has 2 N–H and O–H groups in total. The van der Waals surface area contributed by atoms with Crippen molar-refractivity contribution in [3.05, 3.63) is 59.0 Å². The molecule has 1 aliphatic rings. The summed E-state index contributed by atoms with van der Waals surface area (Å²) in [4.78, 5) is 24.6. The summed E-state index contributed by atoms with van der Waals surface area (Å²) in [6.07, 6.45) is 1.82. The summed E-state index contributed by atoms with van der Waals surface area (Å²) in [5.41, 5.74) is 2.67. The number of fused-ring (bicyclic) bond motifs is 1. The van der Waals surface area contributed by atoms with Gasteiger partial charge in [-0.1, -0.05) is 24.3 Å². The Kier molecular flexibility index (Phi) is 3.99. The summed E-state index contributed by atoms with van der Waals surface area (Å²) >= 11 is 1.29. The molecule has 0 bridgehead atoms. The van der Waals surface area contributed by atoms with E-state index in [1.165, 1.54) is 11.8 Å². The molecule has 1 amide bonds. The second kappa shape index (κ2) is 6.45. The summed E-state index contributed by atoms with van der Waals surface area (Å²) in [5.74, 6) is 1.07. The second-order valence-corrected chi connectivity index (χ2v) is 6.36. The summed E-state index contributed by atoms with van der Waals surface area (Å²) in [7, 11) is 1.62. The molecule has 0 spiro atoms. The van der Waals surface area contributed by atoms with Gasteiger partial charge in [-0.2, -0.15) is 4.99 Å². The standard InChI is InChI=1S/C18H14N4O2S/c1-24-12-8-6-11(7-9-12)10-15-16(23)21-18(25-15)22-17-19-13-4-2-3-5-14(13)20-17/h2-10H,1H3,(H2,19,20,21,22,23)/b15-10+. The van der Waals surface area contributed by atoms with E-state index in [0.29, 0.717) is 16.0 Å². The number of thioether (sulfide) groups is 1. The molecule has 25 heavy (non-hydrogen) atoms. The number of aliphatic imine (C=N–C) groups is 1. The molecule has 0 aliphatic carbocycles. The quantitative estimate of drug-likeness (QED) is 0.709. The van der Waals surface area contributed by atoms with Crippen LogP contribution in [0.4, 0.5) is 5.95 Å². The number of carbonyl (C=O) groups is 1. The number of benzene rings is 2. The fourth-order valence-corrected chi connectivity index (χ4v) is 3.24. The fourth-order valence-electron chi connectivity index (χ4n) is 2.42. The van der Waals surface area contributed by atoms with Crippen LogP contribution in [0.5, 0.6) is 5.75 Å². The lowest BCUT2D eigenvalue weighted by Gasteiger charge is -1.99.